The molecule has 1 heterocycles. The molecule has 0 amide bonds. The van der Waals surface area contributed by atoms with Crippen LogP contribution in [0.1, 0.15) is 19.4 Å². The van der Waals surface area contributed by atoms with E-state index < -0.39 is 0 Å². The maximum Gasteiger partial charge on any atom is 0.191 e. The van der Waals surface area contributed by atoms with E-state index in [4.69, 9.17) is 4.74 Å². The number of para-hydroxylation sites is 1. The fraction of sp³-hybridized carbons (Fsp3) is 0.588. The molecule has 1 aliphatic rings. The monoisotopic (exact) mass is 304 g/mol. The van der Waals surface area contributed by atoms with Crippen molar-refractivity contribution in [2.75, 3.05) is 39.8 Å². The highest BCUT2D eigenvalue weighted by atomic mass is 16.5. The quantitative estimate of drug-likeness (QED) is 0.592. The number of likely N-dealkylation sites (N-methyl/N-ethyl adjacent to an activating group) is 1. The molecule has 1 unspecified atom stereocenters. The standard InChI is InChI=1S/C17H28N4O/c1-4-21(5-2)11-10-19-17(18-3)20-13-15-12-14-8-6-7-9-16(14)22-15/h6-9,15H,4-5,10-13H2,1-3H3,(H2,18,19,20). The van der Waals surface area contributed by atoms with Gasteiger partial charge in [-0.25, -0.2) is 0 Å². The van der Waals surface area contributed by atoms with Crippen molar-refractivity contribution in [2.24, 2.45) is 4.99 Å². The summed E-state index contributed by atoms with van der Waals surface area (Å²) in [6.45, 7) is 9.22. The molecule has 5 nitrogen and oxygen atoms in total. The van der Waals surface area contributed by atoms with Gasteiger partial charge in [0.1, 0.15) is 11.9 Å². The molecule has 1 atom stereocenters. The van der Waals surface area contributed by atoms with Gasteiger partial charge < -0.3 is 20.3 Å². The number of nitrogens with one attached hydrogen (secondary N) is 2. The highest BCUT2D eigenvalue weighted by molar-refractivity contribution is 5.79. The predicted molar refractivity (Wildman–Crippen MR) is 91.7 cm³/mol. The van der Waals surface area contributed by atoms with E-state index in [9.17, 15) is 0 Å². The van der Waals surface area contributed by atoms with Crippen LogP contribution in [0.2, 0.25) is 0 Å². The summed E-state index contributed by atoms with van der Waals surface area (Å²) < 4.78 is 5.93. The number of nitrogens with zero attached hydrogens (tertiary/aromatic N) is 2. The second-order valence-corrected chi connectivity index (χ2v) is 5.46. The molecule has 0 aromatic heterocycles. The Morgan fingerprint density at radius 1 is 1.27 bits per heavy atom. The average Bonchev–Trinajstić information content (AvgIpc) is 2.97. The average molecular weight is 304 g/mol. The van der Waals surface area contributed by atoms with E-state index >= 15 is 0 Å². The van der Waals surface area contributed by atoms with Crippen molar-refractivity contribution < 1.29 is 4.74 Å². The number of hydrogen-bond donors (Lipinski definition) is 2. The van der Waals surface area contributed by atoms with E-state index in [0.717, 1.165) is 50.9 Å². The van der Waals surface area contributed by atoms with Gasteiger partial charge in [-0.05, 0) is 24.7 Å². The number of hydrogen-bond acceptors (Lipinski definition) is 3. The van der Waals surface area contributed by atoms with Crippen LogP contribution in [0.3, 0.4) is 0 Å². The first-order valence-electron chi connectivity index (χ1n) is 8.18. The minimum Gasteiger partial charge on any atom is -0.488 e. The van der Waals surface area contributed by atoms with Gasteiger partial charge in [0.05, 0.1) is 6.54 Å². The number of benzene rings is 1. The van der Waals surface area contributed by atoms with Crippen LogP contribution in [0.5, 0.6) is 5.75 Å². The first-order chi connectivity index (χ1) is 10.8. The lowest BCUT2D eigenvalue weighted by Gasteiger charge is -2.20. The van der Waals surface area contributed by atoms with Crippen LogP contribution in [0.15, 0.2) is 29.3 Å². The summed E-state index contributed by atoms with van der Waals surface area (Å²) in [5, 5.41) is 6.71. The second-order valence-electron chi connectivity index (χ2n) is 5.46. The zero-order valence-electron chi connectivity index (χ0n) is 13.9. The summed E-state index contributed by atoms with van der Waals surface area (Å²) >= 11 is 0. The molecule has 0 fully saturated rings. The third-order valence-electron chi connectivity index (χ3n) is 4.05. The zero-order valence-corrected chi connectivity index (χ0v) is 13.9. The Labute approximate surface area is 133 Å². The highest BCUT2D eigenvalue weighted by Crippen LogP contribution is 2.27. The molecule has 0 spiro atoms. The van der Waals surface area contributed by atoms with Crippen molar-refractivity contribution in [2.45, 2.75) is 26.4 Å². The fourth-order valence-corrected chi connectivity index (χ4v) is 2.67. The summed E-state index contributed by atoms with van der Waals surface area (Å²) in [5.41, 5.74) is 1.29. The molecular formula is C17H28N4O. The fourth-order valence-electron chi connectivity index (χ4n) is 2.67. The molecule has 0 bridgehead atoms. The van der Waals surface area contributed by atoms with Crippen molar-refractivity contribution in [3.8, 4) is 5.75 Å². The van der Waals surface area contributed by atoms with E-state index in [1.54, 1.807) is 7.05 Å². The first kappa shape index (κ1) is 16.6. The minimum atomic E-state index is 0.179. The van der Waals surface area contributed by atoms with Gasteiger partial charge in [-0.1, -0.05) is 32.0 Å². The largest absolute Gasteiger partial charge is 0.488 e. The predicted octanol–water partition coefficient (Wildman–Crippen LogP) is 1.50. The van der Waals surface area contributed by atoms with Gasteiger partial charge in [-0.15, -0.1) is 0 Å². The molecule has 2 rings (SSSR count). The van der Waals surface area contributed by atoms with Crippen molar-refractivity contribution in [1.29, 1.82) is 0 Å². The molecule has 22 heavy (non-hydrogen) atoms. The summed E-state index contributed by atoms with van der Waals surface area (Å²) in [6, 6.07) is 8.24. The Hall–Kier alpha value is -1.75. The third-order valence-corrected chi connectivity index (χ3v) is 4.05. The summed E-state index contributed by atoms with van der Waals surface area (Å²) in [7, 11) is 1.80. The van der Waals surface area contributed by atoms with E-state index in [1.807, 2.05) is 12.1 Å². The summed E-state index contributed by atoms with van der Waals surface area (Å²) in [6.07, 6.45) is 1.14. The van der Waals surface area contributed by atoms with Crippen LogP contribution < -0.4 is 15.4 Å². The maximum absolute atomic E-state index is 5.93. The normalized spacial score (nSPS) is 17.3. The smallest absolute Gasteiger partial charge is 0.191 e. The first-order valence-corrected chi connectivity index (χ1v) is 8.18. The SMILES string of the molecule is CCN(CC)CCNC(=NC)NCC1Cc2ccccc2O1. The number of fused-ring (bicyclic) bond motifs is 1. The molecule has 1 aromatic rings. The summed E-state index contributed by atoms with van der Waals surface area (Å²) in [5.74, 6) is 1.85. The molecule has 5 heteroatoms. The molecular weight excluding hydrogens is 276 g/mol. The van der Waals surface area contributed by atoms with Crippen LogP contribution in [0.25, 0.3) is 0 Å². The lowest BCUT2D eigenvalue weighted by atomic mass is 10.1. The van der Waals surface area contributed by atoms with E-state index in [-0.39, 0.29) is 6.10 Å². The number of aliphatic imine (C=N–C) groups is 1. The van der Waals surface area contributed by atoms with E-state index in [2.05, 4.69) is 46.5 Å². The maximum atomic E-state index is 5.93. The number of guanidine groups is 1. The Bertz CT molecular complexity index is 460. The third kappa shape index (κ3) is 4.63. The van der Waals surface area contributed by atoms with Gasteiger partial charge in [-0.3, -0.25) is 4.99 Å². The van der Waals surface area contributed by atoms with Crippen LogP contribution >= 0.6 is 0 Å². The van der Waals surface area contributed by atoms with Crippen LogP contribution in [0.4, 0.5) is 0 Å². The lowest BCUT2D eigenvalue weighted by molar-refractivity contribution is 0.234. The molecule has 0 saturated carbocycles. The Morgan fingerprint density at radius 3 is 2.73 bits per heavy atom. The number of ether oxygens (including phenoxy) is 1. The van der Waals surface area contributed by atoms with Crippen molar-refractivity contribution in [3.63, 3.8) is 0 Å². The topological polar surface area (TPSA) is 48.9 Å². The van der Waals surface area contributed by atoms with Gasteiger partial charge in [0, 0.05) is 26.6 Å². The minimum absolute atomic E-state index is 0.179. The Morgan fingerprint density at radius 2 is 2.05 bits per heavy atom. The highest BCUT2D eigenvalue weighted by Gasteiger charge is 2.22. The van der Waals surface area contributed by atoms with Gasteiger partial charge >= 0.3 is 0 Å². The molecule has 0 saturated heterocycles. The van der Waals surface area contributed by atoms with Crippen LogP contribution in [-0.4, -0.2) is 56.7 Å². The Balaban J connectivity index is 1.69. The molecule has 0 radical (unpaired) electrons. The van der Waals surface area contributed by atoms with Gasteiger partial charge in [0.2, 0.25) is 0 Å². The van der Waals surface area contributed by atoms with E-state index in [1.165, 1.54) is 5.56 Å². The van der Waals surface area contributed by atoms with Gasteiger partial charge in [0.25, 0.3) is 0 Å². The van der Waals surface area contributed by atoms with Crippen molar-refractivity contribution >= 4 is 5.96 Å². The van der Waals surface area contributed by atoms with Crippen molar-refractivity contribution in [3.05, 3.63) is 29.8 Å². The Kier molecular flexibility index (Phi) is 6.52. The lowest BCUT2D eigenvalue weighted by Crippen LogP contribution is -2.44. The molecule has 1 aliphatic heterocycles. The van der Waals surface area contributed by atoms with Crippen molar-refractivity contribution in [1.82, 2.24) is 15.5 Å². The van der Waals surface area contributed by atoms with Gasteiger partial charge in [0.15, 0.2) is 5.96 Å². The molecule has 122 valence electrons. The zero-order chi connectivity index (χ0) is 15.8. The molecule has 1 aromatic carbocycles. The molecule has 2 N–H and O–H groups in total. The summed E-state index contributed by atoms with van der Waals surface area (Å²) in [4.78, 5) is 6.65. The van der Waals surface area contributed by atoms with Crippen LogP contribution in [-0.2, 0) is 6.42 Å². The second kappa shape index (κ2) is 8.63. The van der Waals surface area contributed by atoms with Gasteiger partial charge in [-0.2, -0.15) is 0 Å². The van der Waals surface area contributed by atoms with Crippen LogP contribution in [0, 0.1) is 0 Å². The molecule has 0 aliphatic carbocycles. The van der Waals surface area contributed by atoms with E-state index in [0.29, 0.717) is 0 Å². The number of rotatable bonds is 7.